The predicted octanol–water partition coefficient (Wildman–Crippen LogP) is 1.11. The van der Waals surface area contributed by atoms with Crippen molar-refractivity contribution in [2.45, 2.75) is 6.92 Å². The molecule has 0 saturated carbocycles. The summed E-state index contributed by atoms with van der Waals surface area (Å²) in [5.41, 5.74) is 2.11. The van der Waals surface area contributed by atoms with E-state index in [1.165, 1.54) is 6.20 Å². The molecule has 150 valence electrons. The maximum atomic E-state index is 12.4. The Bertz CT molecular complexity index is 1030. The number of para-hydroxylation sites is 2. The summed E-state index contributed by atoms with van der Waals surface area (Å²) in [4.78, 5) is 37.3. The highest BCUT2D eigenvalue weighted by Crippen LogP contribution is 2.10. The van der Waals surface area contributed by atoms with Crippen molar-refractivity contribution in [3.8, 4) is 0 Å². The van der Waals surface area contributed by atoms with Crippen LogP contribution in [0.25, 0.3) is 11.0 Å². The van der Waals surface area contributed by atoms with Gasteiger partial charge in [0, 0.05) is 45.3 Å². The third kappa shape index (κ3) is 4.40. The van der Waals surface area contributed by atoms with E-state index in [0.717, 1.165) is 18.6 Å². The molecule has 1 saturated heterocycles. The van der Waals surface area contributed by atoms with E-state index >= 15 is 0 Å². The number of hydrogen-bond acceptors (Lipinski definition) is 7. The minimum Gasteiger partial charge on any atom is -0.361 e. The molecule has 0 spiro atoms. The average molecular weight is 394 g/mol. The number of nitrogens with one attached hydrogen (secondary N) is 1. The molecule has 2 aromatic heterocycles. The van der Waals surface area contributed by atoms with Gasteiger partial charge in [0.05, 0.1) is 17.2 Å². The molecule has 1 fully saturated rings. The van der Waals surface area contributed by atoms with E-state index in [2.05, 4.69) is 25.3 Å². The zero-order chi connectivity index (χ0) is 20.2. The summed E-state index contributed by atoms with van der Waals surface area (Å²) in [5.74, 6) is 0.280. The summed E-state index contributed by atoms with van der Waals surface area (Å²) < 4.78 is 4.98. The number of carbonyl (C=O) groups is 2. The number of carbonyl (C=O) groups excluding carboxylic acids is 2. The normalized spacial score (nSPS) is 14.9. The Morgan fingerprint density at radius 1 is 1.10 bits per heavy atom. The highest BCUT2D eigenvalue weighted by atomic mass is 16.5. The minimum absolute atomic E-state index is 0.107. The van der Waals surface area contributed by atoms with Crippen LogP contribution in [0.15, 0.2) is 41.1 Å². The second-order valence-electron chi connectivity index (χ2n) is 6.96. The van der Waals surface area contributed by atoms with Gasteiger partial charge in [0.15, 0.2) is 5.69 Å². The predicted molar refractivity (Wildman–Crippen MR) is 105 cm³/mol. The van der Waals surface area contributed by atoms with E-state index in [1.54, 1.807) is 17.9 Å². The SMILES string of the molecule is Cc1cc(C(=O)N2CCN(CCNC(=O)c3cnc4ccccc4n3)CC2)no1. The van der Waals surface area contributed by atoms with Crippen LogP contribution in [-0.2, 0) is 0 Å². The molecule has 1 aliphatic heterocycles. The van der Waals surface area contributed by atoms with Gasteiger partial charge in [0.1, 0.15) is 11.5 Å². The number of amides is 2. The number of rotatable bonds is 5. The lowest BCUT2D eigenvalue weighted by atomic mass is 10.2. The van der Waals surface area contributed by atoms with Gasteiger partial charge >= 0.3 is 0 Å². The second-order valence-corrected chi connectivity index (χ2v) is 6.96. The topological polar surface area (TPSA) is 104 Å². The molecule has 0 bridgehead atoms. The van der Waals surface area contributed by atoms with E-state index < -0.39 is 0 Å². The Hall–Kier alpha value is -3.33. The second kappa shape index (κ2) is 8.36. The summed E-state index contributed by atoms with van der Waals surface area (Å²) in [6.07, 6.45) is 1.49. The number of fused-ring (bicyclic) bond motifs is 1. The maximum absolute atomic E-state index is 12.4. The third-order valence-electron chi connectivity index (χ3n) is 4.90. The number of nitrogens with zero attached hydrogens (tertiary/aromatic N) is 5. The summed E-state index contributed by atoms with van der Waals surface area (Å²) in [6, 6.07) is 9.10. The molecule has 0 aliphatic carbocycles. The fourth-order valence-corrected chi connectivity index (χ4v) is 3.29. The van der Waals surface area contributed by atoms with Gasteiger partial charge in [0.25, 0.3) is 11.8 Å². The van der Waals surface area contributed by atoms with Gasteiger partial charge in [-0.3, -0.25) is 19.5 Å². The van der Waals surface area contributed by atoms with Crippen LogP contribution in [0.5, 0.6) is 0 Å². The van der Waals surface area contributed by atoms with Crippen LogP contribution in [0.1, 0.15) is 26.7 Å². The van der Waals surface area contributed by atoms with Crippen molar-refractivity contribution in [2.24, 2.45) is 0 Å². The molecule has 29 heavy (non-hydrogen) atoms. The van der Waals surface area contributed by atoms with Crippen molar-refractivity contribution in [3.63, 3.8) is 0 Å². The van der Waals surface area contributed by atoms with Crippen molar-refractivity contribution in [2.75, 3.05) is 39.3 Å². The van der Waals surface area contributed by atoms with E-state index in [0.29, 0.717) is 48.8 Å². The standard InChI is InChI=1S/C20H22N6O3/c1-14-12-17(24-29-14)20(28)26-10-8-25(9-11-26)7-6-21-19(27)18-13-22-15-4-2-3-5-16(15)23-18/h2-5,12-13H,6-11H2,1H3,(H,21,27). The molecular weight excluding hydrogens is 372 g/mol. The zero-order valence-corrected chi connectivity index (χ0v) is 16.2. The number of piperazine rings is 1. The first-order valence-electron chi connectivity index (χ1n) is 9.55. The maximum Gasteiger partial charge on any atom is 0.276 e. The highest BCUT2D eigenvalue weighted by Gasteiger charge is 2.24. The molecule has 1 aromatic carbocycles. The monoisotopic (exact) mass is 394 g/mol. The van der Waals surface area contributed by atoms with Gasteiger partial charge < -0.3 is 14.7 Å². The molecule has 9 nitrogen and oxygen atoms in total. The van der Waals surface area contributed by atoms with E-state index in [9.17, 15) is 9.59 Å². The van der Waals surface area contributed by atoms with E-state index in [1.807, 2.05) is 24.3 Å². The fourth-order valence-electron chi connectivity index (χ4n) is 3.29. The number of benzene rings is 1. The van der Waals surface area contributed by atoms with Crippen LogP contribution < -0.4 is 5.32 Å². The molecule has 1 aliphatic rings. The van der Waals surface area contributed by atoms with Crippen molar-refractivity contribution < 1.29 is 14.1 Å². The van der Waals surface area contributed by atoms with Crippen LogP contribution in [0.2, 0.25) is 0 Å². The average Bonchev–Trinajstić information content (AvgIpc) is 3.19. The molecule has 0 unspecified atom stereocenters. The van der Waals surface area contributed by atoms with Crippen LogP contribution in [0.4, 0.5) is 0 Å². The van der Waals surface area contributed by atoms with Crippen molar-refractivity contribution in [3.05, 3.63) is 53.7 Å². The fraction of sp³-hybridized carbons (Fsp3) is 0.350. The molecule has 3 heterocycles. The Balaban J connectivity index is 1.23. The van der Waals surface area contributed by atoms with Gasteiger partial charge in [0.2, 0.25) is 0 Å². The molecule has 4 rings (SSSR count). The molecule has 0 atom stereocenters. The molecular formula is C20H22N6O3. The molecule has 2 amide bonds. The lowest BCUT2D eigenvalue weighted by Crippen LogP contribution is -2.50. The van der Waals surface area contributed by atoms with Gasteiger partial charge in [-0.15, -0.1) is 0 Å². The summed E-state index contributed by atoms with van der Waals surface area (Å²) in [6.45, 7) is 5.70. The van der Waals surface area contributed by atoms with Crippen LogP contribution in [0, 0.1) is 6.92 Å². The minimum atomic E-state index is -0.238. The summed E-state index contributed by atoms with van der Waals surface area (Å²) in [7, 11) is 0. The largest absolute Gasteiger partial charge is 0.361 e. The lowest BCUT2D eigenvalue weighted by molar-refractivity contribution is 0.0628. The van der Waals surface area contributed by atoms with Crippen molar-refractivity contribution >= 4 is 22.8 Å². The third-order valence-corrected chi connectivity index (χ3v) is 4.90. The molecule has 3 aromatic rings. The van der Waals surface area contributed by atoms with Crippen LogP contribution >= 0.6 is 0 Å². The first kappa shape index (κ1) is 19.0. The lowest BCUT2D eigenvalue weighted by Gasteiger charge is -2.34. The van der Waals surface area contributed by atoms with Crippen LogP contribution in [0.3, 0.4) is 0 Å². The number of aryl methyl sites for hydroxylation is 1. The molecule has 9 heteroatoms. The first-order valence-corrected chi connectivity index (χ1v) is 9.55. The van der Waals surface area contributed by atoms with Gasteiger partial charge in [-0.2, -0.15) is 0 Å². The van der Waals surface area contributed by atoms with E-state index in [-0.39, 0.29) is 11.8 Å². The van der Waals surface area contributed by atoms with Crippen LogP contribution in [-0.4, -0.2) is 76.0 Å². The zero-order valence-electron chi connectivity index (χ0n) is 16.2. The Kier molecular flexibility index (Phi) is 5.48. The molecule has 0 radical (unpaired) electrons. The van der Waals surface area contributed by atoms with Gasteiger partial charge in [-0.25, -0.2) is 4.98 Å². The van der Waals surface area contributed by atoms with E-state index in [4.69, 9.17) is 4.52 Å². The Labute approximate surface area is 167 Å². The number of aromatic nitrogens is 3. The number of hydrogen-bond donors (Lipinski definition) is 1. The Morgan fingerprint density at radius 2 is 1.86 bits per heavy atom. The smallest absolute Gasteiger partial charge is 0.276 e. The van der Waals surface area contributed by atoms with Crippen molar-refractivity contribution in [1.29, 1.82) is 0 Å². The molecule has 1 N–H and O–H groups in total. The quantitative estimate of drug-likeness (QED) is 0.691. The summed E-state index contributed by atoms with van der Waals surface area (Å²) >= 11 is 0. The highest BCUT2D eigenvalue weighted by molar-refractivity contribution is 5.93. The van der Waals surface area contributed by atoms with Crippen molar-refractivity contribution in [1.82, 2.24) is 30.2 Å². The van der Waals surface area contributed by atoms with Gasteiger partial charge in [-0.05, 0) is 19.1 Å². The van der Waals surface area contributed by atoms with Gasteiger partial charge in [-0.1, -0.05) is 17.3 Å². The first-order chi connectivity index (χ1) is 14.1. The Morgan fingerprint density at radius 3 is 2.59 bits per heavy atom. The summed E-state index contributed by atoms with van der Waals surface area (Å²) in [5, 5.41) is 6.68.